The van der Waals surface area contributed by atoms with Gasteiger partial charge in [0.15, 0.2) is 16.6 Å². The highest BCUT2D eigenvalue weighted by molar-refractivity contribution is 6.70. The van der Waals surface area contributed by atoms with Crippen LogP contribution in [0.15, 0.2) is 12.2 Å². The van der Waals surface area contributed by atoms with Crippen molar-refractivity contribution in [3.63, 3.8) is 0 Å². The van der Waals surface area contributed by atoms with Gasteiger partial charge in [-0.25, -0.2) is 0 Å². The first kappa shape index (κ1) is 32.6. The summed E-state index contributed by atoms with van der Waals surface area (Å²) in [6.07, 6.45) is 21.1. The van der Waals surface area contributed by atoms with Gasteiger partial charge in [-0.2, -0.15) is 0 Å². The fourth-order valence-corrected chi connectivity index (χ4v) is 6.48. The standard InChI is InChI=1S/C27H56O4Si2/c1-9-10-15-20-25(30-32(3,4)5)22-17-14-18-23-26(31-33(6,7)8)21-16-12-11-13-19-24-27(28)29-2/h14,17,25-26H,9-13,15-16,18-24H2,1-8H3/b17-14+. The molecule has 0 saturated heterocycles. The van der Waals surface area contributed by atoms with Crippen molar-refractivity contribution in [3.8, 4) is 0 Å². The molecule has 6 heteroatoms. The number of hydrogen-bond acceptors (Lipinski definition) is 4. The summed E-state index contributed by atoms with van der Waals surface area (Å²) >= 11 is 0. The van der Waals surface area contributed by atoms with Crippen LogP contribution in [0.5, 0.6) is 0 Å². The Morgan fingerprint density at radius 1 is 0.727 bits per heavy atom. The highest BCUT2D eigenvalue weighted by Crippen LogP contribution is 2.20. The van der Waals surface area contributed by atoms with Gasteiger partial charge in [-0.3, -0.25) is 4.79 Å². The maximum absolute atomic E-state index is 11.2. The predicted octanol–water partition coefficient (Wildman–Crippen LogP) is 8.64. The van der Waals surface area contributed by atoms with Crippen LogP contribution in [0.3, 0.4) is 0 Å². The van der Waals surface area contributed by atoms with E-state index in [1.165, 1.54) is 52.1 Å². The molecule has 0 aliphatic rings. The average Bonchev–Trinajstić information content (AvgIpc) is 2.70. The van der Waals surface area contributed by atoms with E-state index in [1.54, 1.807) is 0 Å². The zero-order valence-corrected chi connectivity index (χ0v) is 25.3. The van der Waals surface area contributed by atoms with Gasteiger partial charge < -0.3 is 13.6 Å². The third kappa shape index (κ3) is 23.1. The van der Waals surface area contributed by atoms with Crippen LogP contribution in [0.1, 0.15) is 96.8 Å². The first-order chi connectivity index (χ1) is 15.5. The van der Waals surface area contributed by atoms with E-state index in [1.807, 2.05) is 0 Å². The maximum Gasteiger partial charge on any atom is 0.305 e. The van der Waals surface area contributed by atoms with Crippen molar-refractivity contribution in [2.24, 2.45) is 0 Å². The van der Waals surface area contributed by atoms with E-state index in [-0.39, 0.29) is 5.97 Å². The summed E-state index contributed by atoms with van der Waals surface area (Å²) in [5, 5.41) is 0. The molecule has 0 aliphatic carbocycles. The highest BCUT2D eigenvalue weighted by Gasteiger charge is 2.21. The van der Waals surface area contributed by atoms with E-state index in [9.17, 15) is 4.79 Å². The van der Waals surface area contributed by atoms with E-state index in [2.05, 4.69) is 58.4 Å². The molecule has 196 valence electrons. The minimum atomic E-state index is -1.54. The normalized spacial score (nSPS) is 14.5. The third-order valence-corrected chi connectivity index (χ3v) is 7.61. The molecule has 0 radical (unpaired) electrons. The summed E-state index contributed by atoms with van der Waals surface area (Å²) in [5.41, 5.74) is 0. The van der Waals surface area contributed by atoms with Gasteiger partial charge in [-0.15, -0.1) is 0 Å². The SMILES string of the molecule is CCCCCC(C/C=C/CCC(CCCCCCCC(=O)OC)O[Si](C)(C)C)O[Si](C)(C)C. The smallest absolute Gasteiger partial charge is 0.305 e. The second kappa shape index (κ2) is 18.8. The quantitative estimate of drug-likeness (QED) is 0.0684. The Labute approximate surface area is 208 Å². The molecule has 2 unspecified atom stereocenters. The Bertz CT molecular complexity index is 509. The van der Waals surface area contributed by atoms with Crippen molar-refractivity contribution >= 4 is 22.6 Å². The molecule has 2 atom stereocenters. The number of carbonyl (C=O) groups excluding carboxylic acids is 1. The molecule has 4 nitrogen and oxygen atoms in total. The molecule has 0 rings (SSSR count). The fraction of sp³-hybridized carbons (Fsp3) is 0.889. The van der Waals surface area contributed by atoms with Crippen molar-refractivity contribution in [2.75, 3.05) is 7.11 Å². The molecule has 0 bridgehead atoms. The van der Waals surface area contributed by atoms with E-state index in [0.29, 0.717) is 18.6 Å². The van der Waals surface area contributed by atoms with Gasteiger partial charge in [0.25, 0.3) is 0 Å². The van der Waals surface area contributed by atoms with Crippen LogP contribution in [0.25, 0.3) is 0 Å². The van der Waals surface area contributed by atoms with Gasteiger partial charge in [0, 0.05) is 18.6 Å². The van der Waals surface area contributed by atoms with Crippen LogP contribution >= 0.6 is 0 Å². The Morgan fingerprint density at radius 2 is 1.27 bits per heavy atom. The van der Waals surface area contributed by atoms with Gasteiger partial charge in [-0.05, 0) is 77.8 Å². The van der Waals surface area contributed by atoms with Crippen molar-refractivity contribution < 1.29 is 18.4 Å². The van der Waals surface area contributed by atoms with Gasteiger partial charge in [-0.1, -0.05) is 64.0 Å². The second-order valence-electron chi connectivity index (χ2n) is 11.4. The topological polar surface area (TPSA) is 44.8 Å². The lowest BCUT2D eigenvalue weighted by Crippen LogP contribution is -2.32. The molecular weight excluding hydrogens is 444 g/mol. The number of hydrogen-bond donors (Lipinski definition) is 0. The Kier molecular flexibility index (Phi) is 18.6. The molecule has 0 aliphatic heterocycles. The van der Waals surface area contributed by atoms with Gasteiger partial charge >= 0.3 is 5.97 Å². The molecule has 0 amide bonds. The van der Waals surface area contributed by atoms with Crippen molar-refractivity contribution in [2.45, 2.75) is 148 Å². The molecule has 0 spiro atoms. The minimum absolute atomic E-state index is 0.0917. The molecule has 0 aromatic rings. The van der Waals surface area contributed by atoms with Crippen LogP contribution < -0.4 is 0 Å². The number of allylic oxidation sites excluding steroid dienone is 1. The van der Waals surface area contributed by atoms with Crippen molar-refractivity contribution in [1.82, 2.24) is 0 Å². The second-order valence-corrected chi connectivity index (χ2v) is 20.3. The number of unbranched alkanes of at least 4 members (excludes halogenated alkanes) is 6. The highest BCUT2D eigenvalue weighted by atomic mass is 28.4. The molecule has 0 aromatic heterocycles. The largest absolute Gasteiger partial charge is 0.469 e. The number of ether oxygens (including phenoxy) is 1. The summed E-state index contributed by atoms with van der Waals surface area (Å²) in [5.74, 6) is -0.0917. The van der Waals surface area contributed by atoms with Gasteiger partial charge in [0.1, 0.15) is 0 Å². The molecule has 33 heavy (non-hydrogen) atoms. The lowest BCUT2D eigenvalue weighted by molar-refractivity contribution is -0.140. The number of esters is 1. The van der Waals surface area contributed by atoms with Gasteiger partial charge in [0.05, 0.1) is 7.11 Å². The molecular formula is C27H56O4Si2. The summed E-state index contributed by atoms with van der Waals surface area (Å²) in [4.78, 5) is 11.2. The molecule has 0 N–H and O–H groups in total. The van der Waals surface area contributed by atoms with Crippen LogP contribution in [0.2, 0.25) is 39.3 Å². The summed E-state index contributed by atoms with van der Waals surface area (Å²) < 4.78 is 17.6. The zero-order chi connectivity index (χ0) is 25.2. The number of methoxy groups -OCH3 is 1. The maximum atomic E-state index is 11.2. The van der Waals surface area contributed by atoms with E-state index >= 15 is 0 Å². The zero-order valence-electron chi connectivity index (χ0n) is 23.3. The molecule has 0 saturated carbocycles. The van der Waals surface area contributed by atoms with Crippen LogP contribution in [-0.2, 0) is 18.4 Å². The van der Waals surface area contributed by atoms with E-state index in [4.69, 9.17) is 13.6 Å². The van der Waals surface area contributed by atoms with Crippen molar-refractivity contribution in [1.29, 1.82) is 0 Å². The lowest BCUT2D eigenvalue weighted by Gasteiger charge is -2.26. The lowest BCUT2D eigenvalue weighted by atomic mass is 10.0. The third-order valence-electron chi connectivity index (χ3n) is 5.53. The average molecular weight is 501 g/mol. The molecule has 0 fully saturated rings. The summed E-state index contributed by atoms with van der Waals surface area (Å²) in [6, 6.07) is 0. The Hall–Kier alpha value is -0.436. The monoisotopic (exact) mass is 500 g/mol. The summed E-state index contributed by atoms with van der Waals surface area (Å²) in [6.45, 7) is 16.0. The fourth-order valence-electron chi connectivity index (χ4n) is 4.03. The molecule has 0 heterocycles. The minimum Gasteiger partial charge on any atom is -0.469 e. The van der Waals surface area contributed by atoms with Crippen LogP contribution in [0.4, 0.5) is 0 Å². The first-order valence-corrected chi connectivity index (χ1v) is 20.4. The predicted molar refractivity (Wildman–Crippen MR) is 148 cm³/mol. The number of carbonyl (C=O) groups is 1. The Morgan fingerprint density at radius 3 is 1.88 bits per heavy atom. The first-order valence-electron chi connectivity index (χ1n) is 13.5. The van der Waals surface area contributed by atoms with E-state index in [0.717, 1.165) is 38.5 Å². The van der Waals surface area contributed by atoms with Crippen LogP contribution in [-0.4, -0.2) is 41.9 Å². The Balaban J connectivity index is 4.36. The van der Waals surface area contributed by atoms with Crippen LogP contribution in [0, 0.1) is 0 Å². The van der Waals surface area contributed by atoms with Crippen molar-refractivity contribution in [3.05, 3.63) is 12.2 Å². The molecule has 0 aromatic carbocycles. The summed E-state index contributed by atoms with van der Waals surface area (Å²) in [7, 11) is -1.58. The van der Waals surface area contributed by atoms with E-state index < -0.39 is 16.6 Å². The number of rotatable bonds is 21. The van der Waals surface area contributed by atoms with Gasteiger partial charge in [0.2, 0.25) is 0 Å².